The van der Waals surface area contributed by atoms with Crippen LogP contribution in [0.5, 0.6) is 0 Å². The van der Waals surface area contributed by atoms with E-state index in [1.807, 2.05) is 4.90 Å². The third-order valence-electron chi connectivity index (χ3n) is 4.34. The van der Waals surface area contributed by atoms with Crippen molar-refractivity contribution in [3.8, 4) is 0 Å². The maximum atomic E-state index is 12.5. The number of amides is 3. The molecule has 26 heavy (non-hydrogen) atoms. The van der Waals surface area contributed by atoms with E-state index in [1.165, 1.54) is 13.3 Å². The van der Waals surface area contributed by atoms with Gasteiger partial charge in [-0.2, -0.15) is 0 Å². The highest BCUT2D eigenvalue weighted by molar-refractivity contribution is 6.06. The number of anilines is 2. The van der Waals surface area contributed by atoms with E-state index in [-0.39, 0.29) is 24.1 Å². The van der Waals surface area contributed by atoms with Crippen LogP contribution in [-0.2, 0) is 14.4 Å². The van der Waals surface area contributed by atoms with Crippen LogP contribution in [0, 0.1) is 0 Å². The third kappa shape index (κ3) is 4.59. The maximum Gasteiger partial charge on any atom is 0.249 e. The second-order valence-electron chi connectivity index (χ2n) is 6.52. The van der Waals surface area contributed by atoms with Crippen molar-refractivity contribution in [3.05, 3.63) is 24.3 Å². The zero-order chi connectivity index (χ0) is 18.5. The van der Waals surface area contributed by atoms with Crippen LogP contribution in [0.4, 0.5) is 11.4 Å². The highest BCUT2D eigenvalue weighted by atomic mass is 16.2. The van der Waals surface area contributed by atoms with E-state index in [4.69, 9.17) is 0 Å². The van der Waals surface area contributed by atoms with E-state index in [9.17, 15) is 14.4 Å². The topological polar surface area (TPSA) is 103 Å². The van der Waals surface area contributed by atoms with Crippen molar-refractivity contribution in [1.29, 1.82) is 0 Å². The SMILES string of the molecule is CC(=O)Nc1ccc(NC(=O)[C@H]2CC(=O)NC(N3CCCCC3)=N2)cc1. The lowest BCUT2D eigenvalue weighted by Crippen LogP contribution is -2.51. The average molecular weight is 357 g/mol. The van der Waals surface area contributed by atoms with E-state index >= 15 is 0 Å². The van der Waals surface area contributed by atoms with E-state index in [2.05, 4.69) is 20.9 Å². The van der Waals surface area contributed by atoms with Crippen molar-refractivity contribution in [2.75, 3.05) is 23.7 Å². The molecule has 0 unspecified atom stereocenters. The number of piperidine rings is 1. The fraction of sp³-hybridized carbons (Fsp3) is 0.444. The van der Waals surface area contributed by atoms with Crippen LogP contribution in [0.1, 0.15) is 32.6 Å². The summed E-state index contributed by atoms with van der Waals surface area (Å²) in [6.45, 7) is 3.12. The van der Waals surface area contributed by atoms with Gasteiger partial charge < -0.3 is 15.5 Å². The summed E-state index contributed by atoms with van der Waals surface area (Å²) in [6.07, 6.45) is 3.34. The van der Waals surface area contributed by atoms with E-state index in [0.717, 1.165) is 25.9 Å². The number of nitrogens with one attached hydrogen (secondary N) is 3. The Labute approximate surface area is 152 Å². The van der Waals surface area contributed by atoms with Crippen LogP contribution >= 0.6 is 0 Å². The zero-order valence-electron chi connectivity index (χ0n) is 14.7. The Bertz CT molecular complexity index is 723. The van der Waals surface area contributed by atoms with Crippen LogP contribution in [-0.4, -0.2) is 47.7 Å². The van der Waals surface area contributed by atoms with Gasteiger partial charge in [0.1, 0.15) is 6.04 Å². The molecule has 0 bridgehead atoms. The molecule has 0 saturated carbocycles. The van der Waals surface area contributed by atoms with Gasteiger partial charge in [-0.15, -0.1) is 0 Å². The van der Waals surface area contributed by atoms with Gasteiger partial charge in [-0.05, 0) is 43.5 Å². The van der Waals surface area contributed by atoms with Gasteiger partial charge in [-0.3, -0.25) is 19.7 Å². The van der Waals surface area contributed by atoms with Crippen LogP contribution in [0.25, 0.3) is 0 Å². The van der Waals surface area contributed by atoms with Crippen molar-refractivity contribution < 1.29 is 14.4 Å². The summed E-state index contributed by atoms with van der Waals surface area (Å²) in [5.41, 5.74) is 1.24. The third-order valence-corrected chi connectivity index (χ3v) is 4.34. The predicted octanol–water partition coefficient (Wildman–Crippen LogP) is 1.31. The number of benzene rings is 1. The molecule has 1 aromatic rings. The van der Waals surface area contributed by atoms with Gasteiger partial charge in [0, 0.05) is 31.4 Å². The molecular weight excluding hydrogens is 334 g/mol. The Balaban J connectivity index is 1.66. The summed E-state index contributed by atoms with van der Waals surface area (Å²) >= 11 is 0. The van der Waals surface area contributed by atoms with E-state index in [0.29, 0.717) is 17.3 Å². The first-order valence-electron chi connectivity index (χ1n) is 8.82. The summed E-state index contributed by atoms with van der Waals surface area (Å²) in [5, 5.41) is 8.22. The molecule has 3 amide bonds. The van der Waals surface area contributed by atoms with Crippen LogP contribution < -0.4 is 16.0 Å². The quantitative estimate of drug-likeness (QED) is 0.759. The lowest BCUT2D eigenvalue weighted by molar-refractivity contribution is -0.125. The Kier molecular flexibility index (Phi) is 5.50. The summed E-state index contributed by atoms with van der Waals surface area (Å²) in [4.78, 5) is 42.0. The molecule has 8 heteroatoms. The smallest absolute Gasteiger partial charge is 0.249 e. The van der Waals surface area contributed by atoms with Gasteiger partial charge in [0.05, 0.1) is 6.42 Å². The fourth-order valence-corrected chi connectivity index (χ4v) is 3.06. The van der Waals surface area contributed by atoms with Gasteiger partial charge >= 0.3 is 0 Å². The number of carbonyl (C=O) groups is 3. The van der Waals surface area contributed by atoms with Crippen LogP contribution in [0.3, 0.4) is 0 Å². The van der Waals surface area contributed by atoms with Crippen LogP contribution in [0.2, 0.25) is 0 Å². The fourth-order valence-electron chi connectivity index (χ4n) is 3.06. The van der Waals surface area contributed by atoms with Crippen molar-refractivity contribution in [3.63, 3.8) is 0 Å². The van der Waals surface area contributed by atoms with Gasteiger partial charge in [0.25, 0.3) is 0 Å². The molecule has 0 radical (unpaired) electrons. The molecule has 2 heterocycles. The molecular formula is C18H23N5O3. The van der Waals surface area contributed by atoms with E-state index in [1.54, 1.807) is 24.3 Å². The average Bonchev–Trinajstić information content (AvgIpc) is 2.63. The Morgan fingerprint density at radius 3 is 2.31 bits per heavy atom. The highest BCUT2D eigenvalue weighted by Crippen LogP contribution is 2.16. The zero-order valence-corrected chi connectivity index (χ0v) is 14.7. The number of hydrogen-bond acceptors (Lipinski definition) is 5. The lowest BCUT2D eigenvalue weighted by Gasteiger charge is -2.32. The minimum Gasteiger partial charge on any atom is -0.343 e. The molecule has 1 atom stereocenters. The van der Waals surface area contributed by atoms with Crippen molar-refractivity contribution >= 4 is 35.1 Å². The summed E-state index contributed by atoms with van der Waals surface area (Å²) in [7, 11) is 0. The summed E-state index contributed by atoms with van der Waals surface area (Å²) < 4.78 is 0. The first-order valence-corrected chi connectivity index (χ1v) is 8.82. The minimum atomic E-state index is -0.740. The number of aliphatic imine (C=N–C) groups is 1. The summed E-state index contributed by atoms with van der Waals surface area (Å²) in [5.74, 6) is -0.167. The molecule has 0 aliphatic carbocycles. The minimum absolute atomic E-state index is 0.0349. The Morgan fingerprint density at radius 1 is 1.08 bits per heavy atom. The van der Waals surface area contributed by atoms with Crippen LogP contribution in [0.15, 0.2) is 29.3 Å². The number of carbonyl (C=O) groups excluding carboxylic acids is 3. The van der Waals surface area contributed by atoms with E-state index < -0.39 is 6.04 Å². The van der Waals surface area contributed by atoms with Gasteiger partial charge in [0.2, 0.25) is 23.7 Å². The molecule has 3 N–H and O–H groups in total. The molecule has 8 nitrogen and oxygen atoms in total. The van der Waals surface area contributed by atoms with Gasteiger partial charge in [-0.1, -0.05) is 0 Å². The Morgan fingerprint density at radius 2 is 1.69 bits per heavy atom. The largest absolute Gasteiger partial charge is 0.343 e. The van der Waals surface area contributed by atoms with Gasteiger partial charge in [0.15, 0.2) is 0 Å². The summed E-state index contributed by atoms with van der Waals surface area (Å²) in [6, 6.07) is 6.05. The lowest BCUT2D eigenvalue weighted by atomic mass is 10.1. The second kappa shape index (κ2) is 7.99. The Hall–Kier alpha value is -2.90. The molecule has 0 aromatic heterocycles. The molecule has 0 spiro atoms. The number of likely N-dealkylation sites (tertiary alicyclic amines) is 1. The molecule has 1 fully saturated rings. The number of rotatable bonds is 3. The van der Waals surface area contributed by atoms with Crippen molar-refractivity contribution in [2.24, 2.45) is 4.99 Å². The molecule has 3 rings (SSSR count). The second-order valence-corrected chi connectivity index (χ2v) is 6.52. The first-order chi connectivity index (χ1) is 12.5. The maximum absolute atomic E-state index is 12.5. The number of hydrogen-bond donors (Lipinski definition) is 3. The van der Waals surface area contributed by atoms with Crippen molar-refractivity contribution in [1.82, 2.24) is 10.2 Å². The first kappa shape index (κ1) is 17.9. The molecule has 1 saturated heterocycles. The predicted molar refractivity (Wildman–Crippen MR) is 98.8 cm³/mol. The highest BCUT2D eigenvalue weighted by Gasteiger charge is 2.29. The number of guanidine groups is 1. The normalized spacial score (nSPS) is 20.0. The van der Waals surface area contributed by atoms with Gasteiger partial charge in [-0.25, -0.2) is 4.99 Å². The molecule has 138 valence electrons. The number of nitrogens with zero attached hydrogens (tertiary/aromatic N) is 2. The molecule has 1 aromatic carbocycles. The standard InChI is InChI=1S/C18H23N5O3/c1-12(24)19-13-5-7-14(8-6-13)20-17(26)15-11-16(25)22-18(21-15)23-9-3-2-4-10-23/h5-8,15H,2-4,9-11H2,1H3,(H,19,24)(H,20,26)(H,21,22,25)/t15-/m1/s1. The van der Waals surface area contributed by atoms with Crippen molar-refractivity contribution in [2.45, 2.75) is 38.6 Å². The monoisotopic (exact) mass is 357 g/mol. The molecule has 2 aliphatic rings. The molecule has 2 aliphatic heterocycles.